The molecular weight excluding hydrogens is 348 g/mol. The lowest BCUT2D eigenvalue weighted by Crippen LogP contribution is -2.21. The quantitative estimate of drug-likeness (QED) is 0.445. The van der Waals surface area contributed by atoms with Gasteiger partial charge in [-0.2, -0.15) is 5.26 Å². The van der Waals surface area contributed by atoms with Crippen LogP contribution in [-0.4, -0.2) is 21.6 Å². The van der Waals surface area contributed by atoms with Crippen LogP contribution in [0.4, 0.5) is 5.69 Å². The summed E-state index contributed by atoms with van der Waals surface area (Å²) in [5, 5.41) is 21.0. The molecule has 2 aromatic carbocycles. The zero-order valence-electron chi connectivity index (χ0n) is 14.1. The van der Waals surface area contributed by atoms with E-state index in [1.165, 1.54) is 34.9 Å². The number of ether oxygens (including phenoxy) is 1. The van der Waals surface area contributed by atoms with Crippen LogP contribution in [0.2, 0.25) is 0 Å². The standard InChI is InChI=1S/C19H12N4O4/c1-27-14-6-7-15-16(9-14)21-17-8-11(10-20)19(24)22(18(15)17)12-2-4-13(5-3-12)23(25)26/h2-9,21H,1H3. The maximum absolute atomic E-state index is 12.9. The van der Waals surface area contributed by atoms with E-state index < -0.39 is 10.5 Å². The van der Waals surface area contributed by atoms with E-state index in [1.54, 1.807) is 19.2 Å². The van der Waals surface area contributed by atoms with Gasteiger partial charge >= 0.3 is 0 Å². The molecule has 0 aliphatic carbocycles. The predicted molar refractivity (Wildman–Crippen MR) is 99.3 cm³/mol. The summed E-state index contributed by atoms with van der Waals surface area (Å²) in [4.78, 5) is 26.5. The fourth-order valence-corrected chi connectivity index (χ4v) is 3.13. The lowest BCUT2D eigenvalue weighted by atomic mass is 10.1. The number of nitrogens with one attached hydrogen (secondary N) is 1. The Kier molecular flexibility index (Phi) is 3.63. The molecule has 0 bridgehead atoms. The van der Waals surface area contributed by atoms with E-state index in [4.69, 9.17) is 4.74 Å². The summed E-state index contributed by atoms with van der Waals surface area (Å²) in [6.45, 7) is 0. The van der Waals surface area contributed by atoms with Crippen LogP contribution in [-0.2, 0) is 0 Å². The fraction of sp³-hybridized carbons (Fsp3) is 0.0526. The van der Waals surface area contributed by atoms with E-state index in [9.17, 15) is 20.2 Å². The number of non-ortho nitro benzene ring substituents is 1. The average molecular weight is 360 g/mol. The van der Waals surface area contributed by atoms with Crippen molar-refractivity contribution >= 4 is 27.6 Å². The molecule has 2 aromatic heterocycles. The molecule has 0 aliphatic rings. The maximum Gasteiger partial charge on any atom is 0.273 e. The van der Waals surface area contributed by atoms with Gasteiger partial charge in [-0.1, -0.05) is 0 Å². The Hall–Kier alpha value is -4.12. The second-order valence-corrected chi connectivity index (χ2v) is 5.88. The number of methoxy groups -OCH3 is 1. The van der Waals surface area contributed by atoms with Crippen LogP contribution in [0.15, 0.2) is 53.3 Å². The molecule has 0 saturated carbocycles. The second kappa shape index (κ2) is 6.00. The van der Waals surface area contributed by atoms with Gasteiger partial charge < -0.3 is 9.72 Å². The maximum atomic E-state index is 12.9. The van der Waals surface area contributed by atoms with Crippen molar-refractivity contribution < 1.29 is 9.66 Å². The van der Waals surface area contributed by atoms with Gasteiger partial charge in [-0.25, -0.2) is 0 Å². The highest BCUT2D eigenvalue weighted by molar-refractivity contribution is 6.06. The highest BCUT2D eigenvalue weighted by atomic mass is 16.6. The Morgan fingerprint density at radius 3 is 2.52 bits per heavy atom. The molecule has 1 N–H and O–H groups in total. The van der Waals surface area contributed by atoms with Gasteiger partial charge in [0.15, 0.2) is 0 Å². The van der Waals surface area contributed by atoms with E-state index in [-0.39, 0.29) is 11.3 Å². The molecule has 132 valence electrons. The van der Waals surface area contributed by atoms with Gasteiger partial charge in [-0.15, -0.1) is 0 Å². The van der Waals surface area contributed by atoms with Crippen LogP contribution in [0.25, 0.3) is 27.6 Å². The molecule has 0 radical (unpaired) electrons. The molecule has 0 atom stereocenters. The van der Waals surface area contributed by atoms with Crippen molar-refractivity contribution in [2.75, 3.05) is 7.11 Å². The van der Waals surface area contributed by atoms with Gasteiger partial charge in [0, 0.05) is 29.3 Å². The Morgan fingerprint density at radius 2 is 1.89 bits per heavy atom. The number of rotatable bonds is 3. The summed E-state index contributed by atoms with van der Waals surface area (Å²) in [6.07, 6.45) is 0. The lowest BCUT2D eigenvalue weighted by molar-refractivity contribution is -0.384. The third-order valence-corrected chi connectivity index (χ3v) is 4.39. The Labute approximate surface area is 152 Å². The van der Waals surface area contributed by atoms with Gasteiger partial charge in [-0.05, 0) is 30.3 Å². The molecule has 0 spiro atoms. The lowest BCUT2D eigenvalue weighted by Gasteiger charge is -2.09. The number of hydrogen-bond donors (Lipinski definition) is 1. The second-order valence-electron chi connectivity index (χ2n) is 5.88. The number of aromatic amines is 1. The number of pyridine rings is 1. The Morgan fingerprint density at radius 1 is 1.15 bits per heavy atom. The highest BCUT2D eigenvalue weighted by Gasteiger charge is 2.17. The summed E-state index contributed by atoms with van der Waals surface area (Å²) in [5.41, 5.74) is 1.77. The number of nitrogens with zero attached hydrogens (tertiary/aromatic N) is 3. The largest absolute Gasteiger partial charge is 0.497 e. The molecular formula is C19H12N4O4. The number of nitro benzene ring substituents is 1. The van der Waals surface area contributed by atoms with Crippen molar-refractivity contribution in [3.63, 3.8) is 0 Å². The molecule has 0 aliphatic heterocycles. The minimum Gasteiger partial charge on any atom is -0.497 e. The van der Waals surface area contributed by atoms with Crippen molar-refractivity contribution in [1.29, 1.82) is 5.26 Å². The van der Waals surface area contributed by atoms with Crippen molar-refractivity contribution in [1.82, 2.24) is 9.55 Å². The van der Waals surface area contributed by atoms with E-state index in [0.717, 1.165) is 10.9 Å². The summed E-state index contributed by atoms with van der Waals surface area (Å²) >= 11 is 0. The van der Waals surface area contributed by atoms with Crippen LogP contribution >= 0.6 is 0 Å². The first-order chi connectivity index (χ1) is 13.0. The molecule has 8 nitrogen and oxygen atoms in total. The van der Waals surface area contributed by atoms with Crippen molar-refractivity contribution in [2.24, 2.45) is 0 Å². The smallest absolute Gasteiger partial charge is 0.273 e. The molecule has 0 unspecified atom stereocenters. The summed E-state index contributed by atoms with van der Waals surface area (Å²) in [7, 11) is 1.56. The zero-order valence-corrected chi connectivity index (χ0v) is 14.1. The number of nitro groups is 1. The minimum atomic E-state index is -0.508. The van der Waals surface area contributed by atoms with Gasteiger partial charge in [0.25, 0.3) is 11.2 Å². The van der Waals surface area contributed by atoms with Crippen molar-refractivity contribution in [2.45, 2.75) is 0 Å². The number of hydrogen-bond acceptors (Lipinski definition) is 5. The highest BCUT2D eigenvalue weighted by Crippen LogP contribution is 2.30. The number of aromatic nitrogens is 2. The first-order valence-electron chi connectivity index (χ1n) is 7.94. The molecule has 4 rings (SSSR count). The van der Waals surface area contributed by atoms with Crippen LogP contribution in [0.5, 0.6) is 5.75 Å². The Bertz CT molecular complexity index is 1310. The molecule has 4 aromatic rings. The van der Waals surface area contributed by atoms with Gasteiger partial charge in [-0.3, -0.25) is 19.5 Å². The molecule has 2 heterocycles. The molecule has 0 fully saturated rings. The average Bonchev–Trinajstić information content (AvgIpc) is 3.04. The van der Waals surface area contributed by atoms with Gasteiger partial charge in [0.05, 0.1) is 28.6 Å². The number of nitriles is 1. The molecule has 0 saturated heterocycles. The topological polar surface area (TPSA) is 114 Å². The number of H-pyrrole nitrogens is 1. The summed E-state index contributed by atoms with van der Waals surface area (Å²) in [6, 6.07) is 14.4. The molecule has 8 heteroatoms. The first-order valence-corrected chi connectivity index (χ1v) is 7.94. The van der Waals surface area contributed by atoms with E-state index >= 15 is 0 Å². The normalized spacial score (nSPS) is 10.8. The van der Waals surface area contributed by atoms with Crippen LogP contribution in [0.3, 0.4) is 0 Å². The molecule has 0 amide bonds. The Balaban J connectivity index is 2.11. The third-order valence-electron chi connectivity index (χ3n) is 4.39. The van der Waals surface area contributed by atoms with Gasteiger partial charge in [0.2, 0.25) is 0 Å². The number of benzene rings is 2. The van der Waals surface area contributed by atoms with Gasteiger partial charge in [0.1, 0.15) is 17.4 Å². The monoisotopic (exact) mass is 360 g/mol. The summed E-state index contributed by atoms with van der Waals surface area (Å²) in [5.74, 6) is 0.652. The predicted octanol–water partition coefficient (Wildman–Crippen LogP) is 3.26. The van der Waals surface area contributed by atoms with Crippen LogP contribution in [0.1, 0.15) is 5.56 Å². The SMILES string of the molecule is COc1ccc2c(c1)[nH]c1cc(C#N)c(=O)n(-c3ccc([N+](=O)[O-])cc3)c12. The zero-order chi connectivity index (χ0) is 19.1. The number of fused-ring (bicyclic) bond motifs is 3. The minimum absolute atomic E-state index is 0.0284. The molecule has 27 heavy (non-hydrogen) atoms. The first kappa shape index (κ1) is 16.4. The fourth-order valence-electron chi connectivity index (χ4n) is 3.13. The summed E-state index contributed by atoms with van der Waals surface area (Å²) < 4.78 is 6.62. The van der Waals surface area contributed by atoms with Crippen LogP contribution < -0.4 is 10.3 Å². The van der Waals surface area contributed by atoms with E-state index in [2.05, 4.69) is 4.98 Å². The van der Waals surface area contributed by atoms with Crippen molar-refractivity contribution in [3.8, 4) is 17.5 Å². The van der Waals surface area contributed by atoms with Crippen LogP contribution in [0, 0.1) is 21.4 Å². The third kappa shape index (κ3) is 2.49. The van der Waals surface area contributed by atoms with Crippen molar-refractivity contribution in [3.05, 3.63) is 74.6 Å². The van der Waals surface area contributed by atoms with E-state index in [1.807, 2.05) is 12.1 Å². The van der Waals surface area contributed by atoms with E-state index in [0.29, 0.717) is 22.5 Å².